The fourth-order valence-corrected chi connectivity index (χ4v) is 3.23. The molecule has 2 aliphatic rings. The number of rotatable bonds is 3. The van der Waals surface area contributed by atoms with Crippen LogP contribution in [-0.2, 0) is 4.79 Å². The van der Waals surface area contributed by atoms with Gasteiger partial charge in [0.05, 0.1) is 11.2 Å². The Hall–Kier alpha value is -2.14. The fourth-order valence-electron chi connectivity index (χ4n) is 3.06. The van der Waals surface area contributed by atoms with Gasteiger partial charge >= 0.3 is 6.03 Å². The number of nitrogens with zero attached hydrogens (tertiary/aromatic N) is 2. The van der Waals surface area contributed by atoms with E-state index in [0.717, 1.165) is 29.8 Å². The van der Waals surface area contributed by atoms with Gasteiger partial charge in [-0.05, 0) is 24.5 Å². The van der Waals surface area contributed by atoms with Gasteiger partial charge in [-0.25, -0.2) is 4.79 Å². The molecule has 0 aromatic heterocycles. The molecule has 1 aromatic rings. The number of amides is 3. The molecule has 1 saturated carbocycles. The Morgan fingerprint density at radius 2 is 1.87 bits per heavy atom. The van der Waals surface area contributed by atoms with Gasteiger partial charge in [0.2, 0.25) is 0 Å². The van der Waals surface area contributed by atoms with Crippen molar-refractivity contribution in [3.8, 4) is 0 Å². The topological polar surface area (TPSA) is 61.8 Å². The molecule has 5 nitrogen and oxygen atoms in total. The van der Waals surface area contributed by atoms with Crippen molar-refractivity contribution in [3.63, 3.8) is 0 Å². The van der Waals surface area contributed by atoms with Crippen LogP contribution < -0.4 is 5.32 Å². The third-order valence-electron chi connectivity index (χ3n) is 4.25. The number of allylic oxidation sites excluding steroid dienone is 1. The molecular formula is C17H18ClN3O2. The highest BCUT2D eigenvalue weighted by Crippen LogP contribution is 2.33. The van der Waals surface area contributed by atoms with Crippen molar-refractivity contribution >= 4 is 35.8 Å². The molecule has 0 radical (unpaired) electrons. The number of hydrazone groups is 1. The Balaban J connectivity index is 1.73. The number of carbonyl (C=O) groups excluding carboxylic acids is 2. The summed E-state index contributed by atoms with van der Waals surface area (Å²) in [6.07, 6.45) is 7.39. The van der Waals surface area contributed by atoms with Crippen LogP contribution in [0, 0.1) is 0 Å². The highest BCUT2D eigenvalue weighted by molar-refractivity contribution is 6.41. The summed E-state index contributed by atoms with van der Waals surface area (Å²) in [4.78, 5) is 24.6. The average molecular weight is 332 g/mol. The molecule has 2 fully saturated rings. The number of hydrogen-bond acceptors (Lipinski definition) is 3. The Kier molecular flexibility index (Phi) is 4.48. The molecule has 0 atom stereocenters. The van der Waals surface area contributed by atoms with E-state index in [2.05, 4.69) is 10.4 Å². The van der Waals surface area contributed by atoms with E-state index in [0.29, 0.717) is 17.9 Å². The predicted molar refractivity (Wildman–Crippen MR) is 90.0 cm³/mol. The molecule has 1 aliphatic carbocycles. The Morgan fingerprint density at radius 3 is 2.57 bits per heavy atom. The lowest BCUT2D eigenvalue weighted by Crippen LogP contribution is -2.48. The van der Waals surface area contributed by atoms with Crippen LogP contribution in [0.2, 0.25) is 0 Å². The number of urea groups is 1. The summed E-state index contributed by atoms with van der Waals surface area (Å²) < 4.78 is 0. The SMILES string of the molecule is O=C1NC2(CCCCC2)C(=O)N1N=CC(Cl)=Cc1ccccc1. The van der Waals surface area contributed by atoms with Gasteiger partial charge in [-0.1, -0.05) is 61.2 Å². The molecule has 1 aliphatic heterocycles. The second kappa shape index (κ2) is 6.54. The lowest BCUT2D eigenvalue weighted by atomic mass is 9.82. The van der Waals surface area contributed by atoms with Gasteiger partial charge in [-0.3, -0.25) is 4.79 Å². The number of carbonyl (C=O) groups is 2. The van der Waals surface area contributed by atoms with Crippen LogP contribution in [0.25, 0.3) is 6.08 Å². The lowest BCUT2D eigenvalue weighted by molar-refractivity contribution is -0.132. The zero-order chi connectivity index (χ0) is 16.3. The second-order valence-electron chi connectivity index (χ2n) is 5.87. The molecule has 6 heteroatoms. The monoisotopic (exact) mass is 331 g/mol. The van der Waals surface area contributed by atoms with E-state index in [9.17, 15) is 9.59 Å². The molecule has 3 amide bonds. The molecule has 0 unspecified atom stereocenters. The van der Waals surface area contributed by atoms with Gasteiger partial charge in [-0.15, -0.1) is 5.01 Å². The third-order valence-corrected chi connectivity index (χ3v) is 4.45. The van der Waals surface area contributed by atoms with E-state index in [-0.39, 0.29) is 5.91 Å². The van der Waals surface area contributed by atoms with Gasteiger partial charge in [0.1, 0.15) is 5.54 Å². The van der Waals surface area contributed by atoms with Crippen LogP contribution in [0.1, 0.15) is 37.7 Å². The highest BCUT2D eigenvalue weighted by Gasteiger charge is 2.51. The lowest BCUT2D eigenvalue weighted by Gasteiger charge is -2.29. The molecule has 0 bridgehead atoms. The molecule has 23 heavy (non-hydrogen) atoms. The summed E-state index contributed by atoms with van der Waals surface area (Å²) in [5.41, 5.74) is 0.160. The van der Waals surface area contributed by atoms with E-state index in [1.165, 1.54) is 6.21 Å². The smallest absolute Gasteiger partial charge is 0.321 e. The summed E-state index contributed by atoms with van der Waals surface area (Å²) in [7, 11) is 0. The van der Waals surface area contributed by atoms with Crippen molar-refractivity contribution in [1.82, 2.24) is 10.3 Å². The van der Waals surface area contributed by atoms with Crippen molar-refractivity contribution in [1.29, 1.82) is 0 Å². The first-order chi connectivity index (χ1) is 11.1. The minimum Gasteiger partial charge on any atom is -0.321 e. The van der Waals surface area contributed by atoms with Gasteiger partial charge in [-0.2, -0.15) is 5.10 Å². The Labute approximate surface area is 140 Å². The minimum absolute atomic E-state index is 0.275. The molecule has 1 spiro atoms. The predicted octanol–water partition coefficient (Wildman–Crippen LogP) is 3.51. The third kappa shape index (κ3) is 3.29. The van der Waals surface area contributed by atoms with Gasteiger partial charge < -0.3 is 5.32 Å². The van der Waals surface area contributed by atoms with Crippen LogP contribution in [-0.4, -0.2) is 28.7 Å². The molecule has 1 N–H and O–H groups in total. The maximum absolute atomic E-state index is 12.5. The summed E-state index contributed by atoms with van der Waals surface area (Å²) in [5.74, 6) is -0.275. The fraction of sp³-hybridized carbons (Fsp3) is 0.353. The second-order valence-corrected chi connectivity index (χ2v) is 6.31. The van der Waals surface area contributed by atoms with E-state index >= 15 is 0 Å². The first kappa shape index (κ1) is 15.7. The number of hydrogen-bond donors (Lipinski definition) is 1. The Morgan fingerprint density at radius 1 is 1.17 bits per heavy atom. The normalized spacial score (nSPS) is 21.3. The molecule has 120 valence electrons. The number of benzene rings is 1. The first-order valence-corrected chi connectivity index (χ1v) is 8.11. The van der Waals surface area contributed by atoms with Crippen LogP contribution in [0.5, 0.6) is 0 Å². The average Bonchev–Trinajstić information content (AvgIpc) is 2.77. The van der Waals surface area contributed by atoms with E-state index in [1.807, 2.05) is 30.3 Å². The molecule has 3 rings (SSSR count). The standard InChI is InChI=1S/C17H18ClN3O2/c18-14(11-13-7-3-1-4-8-13)12-19-21-15(22)17(20-16(21)23)9-5-2-6-10-17/h1,3-4,7-8,11-12H,2,5-6,9-10H2,(H,20,23). The molecule has 1 heterocycles. The maximum Gasteiger partial charge on any atom is 0.346 e. The summed E-state index contributed by atoms with van der Waals surface area (Å²) >= 11 is 6.11. The molecule has 1 saturated heterocycles. The summed E-state index contributed by atoms with van der Waals surface area (Å²) in [6, 6.07) is 9.05. The van der Waals surface area contributed by atoms with Crippen molar-refractivity contribution < 1.29 is 9.59 Å². The van der Waals surface area contributed by atoms with Gasteiger partial charge in [0.15, 0.2) is 0 Å². The quantitative estimate of drug-likeness (QED) is 0.680. The number of nitrogens with one attached hydrogen (secondary N) is 1. The van der Waals surface area contributed by atoms with Crippen molar-refractivity contribution in [2.24, 2.45) is 5.10 Å². The van der Waals surface area contributed by atoms with E-state index in [1.54, 1.807) is 6.08 Å². The van der Waals surface area contributed by atoms with Crippen LogP contribution in [0.15, 0.2) is 40.5 Å². The minimum atomic E-state index is -0.762. The van der Waals surface area contributed by atoms with Crippen LogP contribution >= 0.6 is 11.6 Å². The summed E-state index contributed by atoms with van der Waals surface area (Å²) in [5, 5.41) is 8.02. The number of imide groups is 1. The molecule has 1 aromatic carbocycles. The van der Waals surface area contributed by atoms with Crippen molar-refractivity contribution in [2.75, 3.05) is 0 Å². The van der Waals surface area contributed by atoms with Gasteiger partial charge in [0.25, 0.3) is 5.91 Å². The highest BCUT2D eigenvalue weighted by atomic mass is 35.5. The molecular weight excluding hydrogens is 314 g/mol. The largest absolute Gasteiger partial charge is 0.346 e. The first-order valence-electron chi connectivity index (χ1n) is 7.74. The van der Waals surface area contributed by atoms with Gasteiger partial charge in [0, 0.05) is 0 Å². The van der Waals surface area contributed by atoms with Crippen LogP contribution in [0.4, 0.5) is 4.79 Å². The van der Waals surface area contributed by atoms with Crippen molar-refractivity contribution in [2.45, 2.75) is 37.6 Å². The van der Waals surface area contributed by atoms with E-state index in [4.69, 9.17) is 11.6 Å². The zero-order valence-electron chi connectivity index (χ0n) is 12.7. The Bertz CT molecular complexity index is 664. The van der Waals surface area contributed by atoms with E-state index < -0.39 is 11.6 Å². The number of halogens is 1. The van der Waals surface area contributed by atoms with Crippen molar-refractivity contribution in [3.05, 3.63) is 40.9 Å². The maximum atomic E-state index is 12.5. The summed E-state index contributed by atoms with van der Waals surface area (Å²) in [6.45, 7) is 0. The van der Waals surface area contributed by atoms with Crippen LogP contribution in [0.3, 0.4) is 0 Å². The zero-order valence-corrected chi connectivity index (χ0v) is 13.4.